The van der Waals surface area contributed by atoms with Crippen molar-refractivity contribution in [2.75, 3.05) is 5.32 Å². The molecule has 1 N–H and O–H groups in total. The molecular formula is C25H22BrNS. The second-order valence-electron chi connectivity index (χ2n) is 7.55. The van der Waals surface area contributed by atoms with E-state index in [1.807, 2.05) is 11.8 Å². The van der Waals surface area contributed by atoms with Crippen molar-refractivity contribution in [2.45, 2.75) is 29.0 Å². The first-order chi connectivity index (χ1) is 13.8. The molecule has 0 spiro atoms. The molecule has 0 bridgehead atoms. The van der Waals surface area contributed by atoms with Crippen LogP contribution in [0.4, 0.5) is 5.69 Å². The Labute approximate surface area is 179 Å². The van der Waals surface area contributed by atoms with Gasteiger partial charge < -0.3 is 5.32 Å². The van der Waals surface area contributed by atoms with Gasteiger partial charge in [0.1, 0.15) is 0 Å². The molecule has 3 aromatic rings. The molecule has 5 rings (SSSR count). The van der Waals surface area contributed by atoms with Crippen molar-refractivity contribution in [3.63, 3.8) is 0 Å². The van der Waals surface area contributed by atoms with Crippen LogP contribution in [-0.2, 0) is 5.75 Å². The second-order valence-corrected chi connectivity index (χ2v) is 9.52. The summed E-state index contributed by atoms with van der Waals surface area (Å²) in [5.41, 5.74) is 5.50. The number of rotatable bonds is 4. The molecule has 140 valence electrons. The number of nitrogens with one attached hydrogen (secondary N) is 1. The average Bonchev–Trinajstić information content (AvgIpc) is 3.23. The first-order valence-corrected chi connectivity index (χ1v) is 11.5. The van der Waals surface area contributed by atoms with Gasteiger partial charge in [0.25, 0.3) is 0 Å². The first-order valence-electron chi connectivity index (χ1n) is 9.77. The molecule has 3 heteroatoms. The number of halogens is 1. The SMILES string of the molecule is Brc1cccc([C@@H]2Nc3ccc(CSc4ccccc4)cc3[C@H]3C=CC[C@H]32)c1. The number of fused-ring (bicyclic) bond motifs is 3. The number of anilines is 1. The van der Waals surface area contributed by atoms with Gasteiger partial charge in [-0.3, -0.25) is 0 Å². The Hall–Kier alpha value is -1.97. The van der Waals surface area contributed by atoms with Gasteiger partial charge >= 0.3 is 0 Å². The number of hydrogen-bond donors (Lipinski definition) is 1. The summed E-state index contributed by atoms with van der Waals surface area (Å²) in [5, 5.41) is 3.85. The highest BCUT2D eigenvalue weighted by Crippen LogP contribution is 2.50. The van der Waals surface area contributed by atoms with E-state index in [-0.39, 0.29) is 0 Å². The minimum Gasteiger partial charge on any atom is -0.378 e. The molecule has 1 heterocycles. The smallest absolute Gasteiger partial charge is 0.0554 e. The Balaban J connectivity index is 1.42. The summed E-state index contributed by atoms with van der Waals surface area (Å²) < 4.78 is 1.15. The van der Waals surface area contributed by atoms with Gasteiger partial charge in [-0.25, -0.2) is 0 Å². The fourth-order valence-electron chi connectivity index (χ4n) is 4.45. The van der Waals surface area contributed by atoms with E-state index in [1.54, 1.807) is 0 Å². The summed E-state index contributed by atoms with van der Waals surface area (Å²) in [7, 11) is 0. The molecule has 0 saturated carbocycles. The van der Waals surface area contributed by atoms with Crippen LogP contribution < -0.4 is 5.32 Å². The Morgan fingerprint density at radius 1 is 0.964 bits per heavy atom. The second kappa shape index (κ2) is 7.81. The van der Waals surface area contributed by atoms with Crippen LogP contribution in [0.15, 0.2) is 94.3 Å². The maximum absolute atomic E-state index is 3.85. The molecule has 3 atom stereocenters. The quantitative estimate of drug-likeness (QED) is 0.326. The Bertz CT molecular complexity index is 1010. The van der Waals surface area contributed by atoms with Gasteiger partial charge in [-0.15, -0.1) is 11.8 Å². The summed E-state index contributed by atoms with van der Waals surface area (Å²) >= 11 is 5.54. The predicted molar refractivity (Wildman–Crippen MR) is 123 cm³/mol. The van der Waals surface area contributed by atoms with Crippen molar-refractivity contribution in [1.29, 1.82) is 0 Å². The molecule has 1 aliphatic heterocycles. The molecule has 0 fully saturated rings. The first kappa shape index (κ1) is 18.1. The minimum absolute atomic E-state index is 0.356. The van der Waals surface area contributed by atoms with Crippen LogP contribution in [0.2, 0.25) is 0 Å². The summed E-state index contributed by atoms with van der Waals surface area (Å²) in [6, 6.07) is 26.7. The summed E-state index contributed by atoms with van der Waals surface area (Å²) in [5.74, 6) is 2.09. The van der Waals surface area contributed by atoms with Crippen molar-refractivity contribution in [3.8, 4) is 0 Å². The maximum Gasteiger partial charge on any atom is 0.0554 e. The van der Waals surface area contributed by atoms with E-state index in [0.29, 0.717) is 17.9 Å². The van der Waals surface area contributed by atoms with Crippen LogP contribution in [0, 0.1) is 5.92 Å². The summed E-state index contributed by atoms with van der Waals surface area (Å²) in [4.78, 5) is 1.33. The lowest BCUT2D eigenvalue weighted by Gasteiger charge is -2.38. The third kappa shape index (κ3) is 3.54. The molecule has 0 radical (unpaired) electrons. The third-order valence-corrected chi connectivity index (χ3v) is 7.36. The zero-order chi connectivity index (χ0) is 18.9. The van der Waals surface area contributed by atoms with Gasteiger partial charge in [-0.05, 0) is 59.4 Å². The summed E-state index contributed by atoms with van der Waals surface area (Å²) in [6.45, 7) is 0. The highest BCUT2D eigenvalue weighted by molar-refractivity contribution is 9.10. The van der Waals surface area contributed by atoms with Crippen LogP contribution in [0.5, 0.6) is 0 Å². The zero-order valence-corrected chi connectivity index (χ0v) is 17.9. The highest BCUT2D eigenvalue weighted by atomic mass is 79.9. The van der Waals surface area contributed by atoms with Crippen molar-refractivity contribution in [1.82, 2.24) is 0 Å². The summed E-state index contributed by atoms with van der Waals surface area (Å²) in [6.07, 6.45) is 5.92. The zero-order valence-electron chi connectivity index (χ0n) is 15.5. The largest absolute Gasteiger partial charge is 0.378 e. The van der Waals surface area contributed by atoms with Gasteiger partial charge in [0.15, 0.2) is 0 Å². The van der Waals surface area contributed by atoms with E-state index in [2.05, 4.69) is 106 Å². The van der Waals surface area contributed by atoms with E-state index in [0.717, 1.165) is 16.6 Å². The number of allylic oxidation sites excluding steroid dienone is 2. The van der Waals surface area contributed by atoms with Crippen molar-refractivity contribution in [3.05, 3.63) is 106 Å². The minimum atomic E-state index is 0.356. The normalized spacial score (nSPS) is 22.4. The molecule has 28 heavy (non-hydrogen) atoms. The standard InChI is InChI=1S/C25H22BrNS/c26-19-7-4-6-18(15-19)25-22-11-5-10-21(22)23-14-17(12-13-24(23)27-25)16-28-20-8-2-1-3-9-20/h1-10,12-15,21-22,25,27H,11,16H2/t21-,22+,25-/m0/s1. The average molecular weight is 448 g/mol. The number of hydrogen-bond acceptors (Lipinski definition) is 2. The van der Waals surface area contributed by atoms with Crippen LogP contribution >= 0.6 is 27.7 Å². The van der Waals surface area contributed by atoms with Crippen LogP contribution in [0.3, 0.4) is 0 Å². The fraction of sp³-hybridized carbons (Fsp3) is 0.200. The van der Waals surface area contributed by atoms with Gasteiger partial charge in [-0.1, -0.05) is 70.5 Å². The Kier molecular flexibility index (Phi) is 5.04. The maximum atomic E-state index is 3.85. The van der Waals surface area contributed by atoms with E-state index in [4.69, 9.17) is 0 Å². The van der Waals surface area contributed by atoms with Crippen LogP contribution in [-0.4, -0.2) is 0 Å². The molecule has 0 aromatic heterocycles. The Morgan fingerprint density at radius 2 is 1.86 bits per heavy atom. The van der Waals surface area contributed by atoms with Crippen molar-refractivity contribution >= 4 is 33.4 Å². The monoisotopic (exact) mass is 447 g/mol. The fourth-order valence-corrected chi connectivity index (χ4v) is 5.73. The van der Waals surface area contributed by atoms with Gasteiger partial charge in [-0.2, -0.15) is 0 Å². The highest BCUT2D eigenvalue weighted by Gasteiger charge is 2.37. The molecule has 0 amide bonds. The van der Waals surface area contributed by atoms with Crippen molar-refractivity contribution < 1.29 is 0 Å². The molecule has 1 nitrogen and oxygen atoms in total. The van der Waals surface area contributed by atoms with Gasteiger partial charge in [0.05, 0.1) is 6.04 Å². The van der Waals surface area contributed by atoms with E-state index in [1.165, 1.54) is 27.3 Å². The topological polar surface area (TPSA) is 12.0 Å². The molecule has 0 unspecified atom stereocenters. The molecule has 1 aliphatic carbocycles. The Morgan fingerprint density at radius 3 is 2.71 bits per heavy atom. The van der Waals surface area contributed by atoms with Gasteiger partial charge in [0, 0.05) is 26.7 Å². The molecular weight excluding hydrogens is 426 g/mol. The van der Waals surface area contributed by atoms with E-state index in [9.17, 15) is 0 Å². The van der Waals surface area contributed by atoms with E-state index < -0.39 is 0 Å². The number of thioether (sulfide) groups is 1. The van der Waals surface area contributed by atoms with Gasteiger partial charge in [0.2, 0.25) is 0 Å². The lowest BCUT2D eigenvalue weighted by atomic mass is 9.77. The lowest BCUT2D eigenvalue weighted by Crippen LogP contribution is -2.29. The molecule has 0 saturated heterocycles. The lowest BCUT2D eigenvalue weighted by molar-refractivity contribution is 0.425. The van der Waals surface area contributed by atoms with Crippen molar-refractivity contribution in [2.24, 2.45) is 5.92 Å². The molecule has 3 aromatic carbocycles. The number of benzene rings is 3. The van der Waals surface area contributed by atoms with E-state index >= 15 is 0 Å². The molecule has 2 aliphatic rings. The van der Waals surface area contributed by atoms with Crippen LogP contribution in [0.1, 0.15) is 35.1 Å². The van der Waals surface area contributed by atoms with Crippen LogP contribution in [0.25, 0.3) is 0 Å². The predicted octanol–water partition coefficient (Wildman–Crippen LogP) is 7.57. The third-order valence-electron chi connectivity index (χ3n) is 5.78.